The molecule has 0 bridgehead atoms. The molecule has 0 aliphatic carbocycles. The fourth-order valence-electron chi connectivity index (χ4n) is 3.11. The van der Waals surface area contributed by atoms with E-state index in [0.717, 1.165) is 31.0 Å². The minimum absolute atomic E-state index is 0.0913. The van der Waals surface area contributed by atoms with Gasteiger partial charge in [-0.1, -0.05) is 0 Å². The molecule has 0 spiro atoms. The van der Waals surface area contributed by atoms with Gasteiger partial charge in [-0.15, -0.1) is 0 Å². The molecule has 3 aromatic rings. The molecule has 1 N–H and O–H groups in total. The molecule has 1 saturated heterocycles. The van der Waals surface area contributed by atoms with Crippen LogP contribution < -0.4 is 15.8 Å². The van der Waals surface area contributed by atoms with Gasteiger partial charge in [0.25, 0.3) is 5.56 Å². The summed E-state index contributed by atoms with van der Waals surface area (Å²) in [5, 5.41) is 3.43. The molecule has 1 atom stereocenters. The number of aryl methyl sites for hydroxylation is 1. The van der Waals surface area contributed by atoms with Crippen LogP contribution in [0, 0.1) is 6.92 Å². The summed E-state index contributed by atoms with van der Waals surface area (Å²) >= 11 is 0. The zero-order valence-electron chi connectivity index (χ0n) is 13.8. The minimum atomic E-state index is -0.0913. The molecule has 1 aliphatic heterocycles. The number of imidazole rings is 1. The number of piperazine rings is 1. The number of hydrogen-bond donors (Lipinski definition) is 1. The number of fused-ring (bicyclic) bond motifs is 1. The van der Waals surface area contributed by atoms with Crippen molar-refractivity contribution >= 4 is 11.3 Å². The van der Waals surface area contributed by atoms with Gasteiger partial charge < -0.3 is 10.2 Å². The maximum Gasteiger partial charge on any atom is 0.260 e. The van der Waals surface area contributed by atoms with Crippen molar-refractivity contribution in [2.45, 2.75) is 19.9 Å². The molecule has 24 heavy (non-hydrogen) atoms. The maximum atomic E-state index is 12.5. The van der Waals surface area contributed by atoms with Crippen molar-refractivity contribution < 1.29 is 0 Å². The second-order valence-corrected chi connectivity index (χ2v) is 6.29. The minimum Gasteiger partial charge on any atom is -0.368 e. The van der Waals surface area contributed by atoms with Crippen LogP contribution >= 0.6 is 0 Å². The van der Waals surface area contributed by atoms with Gasteiger partial charge in [-0.2, -0.15) is 0 Å². The highest BCUT2D eigenvalue weighted by Crippen LogP contribution is 2.17. The topological polar surface area (TPSA) is 67.5 Å². The molecule has 0 radical (unpaired) electrons. The Bertz CT molecular complexity index is 944. The number of anilines is 1. The Kier molecular flexibility index (Phi) is 3.57. The number of nitrogens with one attached hydrogen (secondary N) is 1. The Hall–Kier alpha value is -2.67. The molecule has 1 unspecified atom stereocenters. The highest BCUT2D eigenvalue weighted by molar-refractivity contribution is 5.53. The summed E-state index contributed by atoms with van der Waals surface area (Å²) in [6, 6.07) is 5.91. The highest BCUT2D eigenvalue weighted by Gasteiger charge is 2.16. The van der Waals surface area contributed by atoms with Crippen LogP contribution in [-0.4, -0.2) is 44.6 Å². The molecule has 124 valence electrons. The van der Waals surface area contributed by atoms with Gasteiger partial charge in [-0.25, -0.2) is 9.97 Å². The summed E-state index contributed by atoms with van der Waals surface area (Å²) in [6.07, 6.45) is 5.41. The lowest BCUT2D eigenvalue weighted by Gasteiger charge is -2.33. The lowest BCUT2D eigenvalue weighted by atomic mass is 10.2. The smallest absolute Gasteiger partial charge is 0.260 e. The van der Waals surface area contributed by atoms with E-state index in [-0.39, 0.29) is 5.56 Å². The molecule has 0 aromatic carbocycles. The number of pyridine rings is 1. The molecule has 0 amide bonds. The molecule has 4 rings (SSSR count). The van der Waals surface area contributed by atoms with Crippen LogP contribution in [-0.2, 0) is 0 Å². The van der Waals surface area contributed by atoms with Crippen LogP contribution in [0.1, 0.15) is 12.6 Å². The molecular formula is C17H20N6O. The van der Waals surface area contributed by atoms with Crippen LogP contribution in [0.5, 0.6) is 0 Å². The first-order valence-electron chi connectivity index (χ1n) is 8.13. The van der Waals surface area contributed by atoms with Gasteiger partial charge in [-0.3, -0.25) is 13.8 Å². The Morgan fingerprint density at radius 3 is 2.92 bits per heavy atom. The number of hydrogen-bond acceptors (Lipinski definition) is 5. The Morgan fingerprint density at radius 1 is 1.29 bits per heavy atom. The van der Waals surface area contributed by atoms with Crippen LogP contribution in [0.2, 0.25) is 0 Å². The van der Waals surface area contributed by atoms with Gasteiger partial charge in [0.2, 0.25) is 0 Å². The van der Waals surface area contributed by atoms with Gasteiger partial charge in [0.1, 0.15) is 17.8 Å². The van der Waals surface area contributed by atoms with Crippen molar-refractivity contribution in [2.75, 3.05) is 24.5 Å². The molecule has 4 heterocycles. The third-order valence-electron chi connectivity index (χ3n) is 4.34. The fourth-order valence-corrected chi connectivity index (χ4v) is 3.11. The second kappa shape index (κ2) is 5.76. The van der Waals surface area contributed by atoms with Crippen molar-refractivity contribution in [3.05, 3.63) is 53.0 Å². The van der Waals surface area contributed by atoms with Gasteiger partial charge in [0.15, 0.2) is 0 Å². The Balaban J connectivity index is 1.75. The molecule has 1 fully saturated rings. The molecular weight excluding hydrogens is 304 g/mol. The molecule has 3 aromatic heterocycles. The second-order valence-electron chi connectivity index (χ2n) is 6.29. The van der Waals surface area contributed by atoms with E-state index < -0.39 is 0 Å². The number of rotatable bonds is 2. The van der Waals surface area contributed by atoms with Crippen molar-refractivity contribution in [1.82, 2.24) is 24.3 Å². The summed E-state index contributed by atoms with van der Waals surface area (Å²) in [7, 11) is 0. The predicted molar refractivity (Wildman–Crippen MR) is 93.0 cm³/mol. The van der Waals surface area contributed by atoms with Crippen molar-refractivity contribution in [2.24, 2.45) is 0 Å². The van der Waals surface area contributed by atoms with E-state index >= 15 is 0 Å². The lowest BCUT2D eigenvalue weighted by Crippen LogP contribution is -2.49. The van der Waals surface area contributed by atoms with Crippen molar-refractivity contribution in [3.63, 3.8) is 0 Å². The third-order valence-corrected chi connectivity index (χ3v) is 4.34. The summed E-state index contributed by atoms with van der Waals surface area (Å²) in [5.41, 5.74) is 2.48. The number of aromatic nitrogens is 4. The molecule has 0 saturated carbocycles. The first kappa shape index (κ1) is 14.9. The van der Waals surface area contributed by atoms with Gasteiger partial charge in [0.05, 0.1) is 11.4 Å². The summed E-state index contributed by atoms with van der Waals surface area (Å²) in [6.45, 7) is 6.89. The van der Waals surface area contributed by atoms with Gasteiger partial charge in [0, 0.05) is 44.1 Å². The van der Waals surface area contributed by atoms with Crippen LogP contribution in [0.15, 0.2) is 41.7 Å². The largest absolute Gasteiger partial charge is 0.368 e. The zero-order valence-corrected chi connectivity index (χ0v) is 13.8. The predicted octanol–water partition coefficient (Wildman–Crippen LogP) is 0.987. The molecule has 1 aliphatic rings. The van der Waals surface area contributed by atoms with E-state index in [9.17, 15) is 4.79 Å². The average Bonchev–Trinajstić information content (AvgIpc) is 3.01. The van der Waals surface area contributed by atoms with E-state index in [1.165, 1.54) is 6.07 Å². The first-order valence-corrected chi connectivity index (χ1v) is 8.13. The van der Waals surface area contributed by atoms with E-state index in [1.54, 1.807) is 15.3 Å². The van der Waals surface area contributed by atoms with Gasteiger partial charge in [-0.05, 0) is 26.0 Å². The monoisotopic (exact) mass is 324 g/mol. The van der Waals surface area contributed by atoms with E-state index in [0.29, 0.717) is 17.5 Å². The molecule has 7 heteroatoms. The van der Waals surface area contributed by atoms with Crippen molar-refractivity contribution in [3.8, 4) is 5.82 Å². The SMILES string of the molecule is Cc1cn(-c2cc(=O)n3cc(N4CCNC(C)C4)ccc3n2)cn1. The average molecular weight is 324 g/mol. The highest BCUT2D eigenvalue weighted by atomic mass is 16.1. The summed E-state index contributed by atoms with van der Waals surface area (Å²) in [4.78, 5) is 23.6. The van der Waals surface area contributed by atoms with E-state index in [2.05, 4.69) is 27.1 Å². The lowest BCUT2D eigenvalue weighted by molar-refractivity contribution is 0.484. The number of nitrogens with zero attached hydrogens (tertiary/aromatic N) is 5. The summed E-state index contributed by atoms with van der Waals surface area (Å²) < 4.78 is 3.37. The zero-order chi connectivity index (χ0) is 16.7. The first-order chi connectivity index (χ1) is 11.6. The van der Waals surface area contributed by atoms with E-state index in [4.69, 9.17) is 0 Å². The third kappa shape index (κ3) is 2.67. The maximum absolute atomic E-state index is 12.5. The standard InChI is InChI=1S/C17H20N6O/c1-12-8-21(6-5-18-12)14-3-4-15-20-16(7-17(24)23(15)10-14)22-9-13(2)19-11-22/h3-4,7,9-12,18H,5-6,8H2,1-2H3. The van der Waals surface area contributed by atoms with Crippen molar-refractivity contribution in [1.29, 1.82) is 0 Å². The molecule has 7 nitrogen and oxygen atoms in total. The van der Waals surface area contributed by atoms with Crippen LogP contribution in [0.25, 0.3) is 11.5 Å². The Labute approximate surface area is 139 Å². The van der Waals surface area contributed by atoms with Crippen LogP contribution in [0.4, 0.5) is 5.69 Å². The van der Waals surface area contributed by atoms with Gasteiger partial charge >= 0.3 is 0 Å². The fraction of sp³-hybridized carbons (Fsp3) is 0.353. The normalized spacial score (nSPS) is 18.2. The Morgan fingerprint density at radius 2 is 2.17 bits per heavy atom. The summed E-state index contributed by atoms with van der Waals surface area (Å²) in [5.74, 6) is 0.587. The van der Waals surface area contributed by atoms with E-state index in [1.807, 2.05) is 31.5 Å². The quantitative estimate of drug-likeness (QED) is 0.761. The van der Waals surface area contributed by atoms with Crippen LogP contribution in [0.3, 0.4) is 0 Å².